The van der Waals surface area contributed by atoms with Crippen LogP contribution in [0.2, 0.25) is 0 Å². The number of fused-ring (bicyclic) bond motifs is 4. The second-order valence-electron chi connectivity index (χ2n) is 5.75. The first-order valence-electron chi connectivity index (χ1n) is 7.16. The molecule has 1 N–H and O–H groups in total. The van der Waals surface area contributed by atoms with Crippen LogP contribution in [0.1, 0.15) is 23.2 Å². The molecule has 1 aromatic heterocycles. The van der Waals surface area contributed by atoms with Gasteiger partial charge in [0.1, 0.15) is 5.52 Å². The SMILES string of the molecule is O=C(N[C@H]1CN2CCC1CC2)c1ccc2ocnc2c1. The Morgan fingerprint density at radius 1 is 1.35 bits per heavy atom. The first kappa shape index (κ1) is 11.9. The van der Waals surface area contributed by atoms with E-state index in [0.29, 0.717) is 17.1 Å². The maximum atomic E-state index is 12.4. The molecule has 5 rings (SSSR count). The summed E-state index contributed by atoms with van der Waals surface area (Å²) in [5.74, 6) is 0.633. The van der Waals surface area contributed by atoms with E-state index < -0.39 is 0 Å². The molecule has 1 amide bonds. The number of rotatable bonds is 2. The summed E-state index contributed by atoms with van der Waals surface area (Å²) in [5, 5.41) is 3.18. The molecule has 0 radical (unpaired) electrons. The summed E-state index contributed by atoms with van der Waals surface area (Å²) in [6.07, 6.45) is 3.81. The standard InChI is InChI=1S/C15H17N3O2/c19-15(11-1-2-14-12(7-11)16-9-20-14)17-13-8-18-5-3-10(13)4-6-18/h1-2,7,9-10,13H,3-6,8H2,(H,17,19)/t13-/m0/s1. The van der Waals surface area contributed by atoms with Crippen molar-refractivity contribution in [1.82, 2.24) is 15.2 Å². The molecule has 3 fully saturated rings. The highest BCUT2D eigenvalue weighted by Crippen LogP contribution is 2.27. The molecular formula is C15H17N3O2. The number of carbonyl (C=O) groups excluding carboxylic acids is 1. The fourth-order valence-electron chi connectivity index (χ4n) is 3.38. The van der Waals surface area contributed by atoms with Crippen LogP contribution in [-0.2, 0) is 0 Å². The first-order valence-corrected chi connectivity index (χ1v) is 7.16. The third-order valence-electron chi connectivity index (χ3n) is 4.57. The molecule has 2 aromatic rings. The molecule has 3 aliphatic rings. The minimum atomic E-state index is -0.00588. The summed E-state index contributed by atoms with van der Waals surface area (Å²) in [5.41, 5.74) is 2.10. The monoisotopic (exact) mass is 271 g/mol. The summed E-state index contributed by atoms with van der Waals surface area (Å²) in [7, 11) is 0. The average Bonchev–Trinajstić information content (AvgIpc) is 2.96. The number of piperidine rings is 3. The van der Waals surface area contributed by atoms with Crippen LogP contribution >= 0.6 is 0 Å². The molecule has 4 heterocycles. The third-order valence-corrected chi connectivity index (χ3v) is 4.57. The molecule has 0 unspecified atom stereocenters. The van der Waals surface area contributed by atoms with Gasteiger partial charge in [-0.1, -0.05) is 0 Å². The van der Waals surface area contributed by atoms with Crippen molar-refractivity contribution in [3.8, 4) is 0 Å². The van der Waals surface area contributed by atoms with Gasteiger partial charge >= 0.3 is 0 Å². The minimum Gasteiger partial charge on any atom is -0.443 e. The number of benzene rings is 1. The Kier molecular flexibility index (Phi) is 2.73. The van der Waals surface area contributed by atoms with E-state index in [2.05, 4.69) is 15.2 Å². The molecule has 20 heavy (non-hydrogen) atoms. The fraction of sp³-hybridized carbons (Fsp3) is 0.467. The molecule has 1 aromatic carbocycles. The van der Waals surface area contributed by atoms with Gasteiger partial charge in [-0.05, 0) is 50.0 Å². The lowest BCUT2D eigenvalue weighted by atomic mass is 9.84. The number of carbonyl (C=O) groups is 1. The Morgan fingerprint density at radius 3 is 2.95 bits per heavy atom. The summed E-state index contributed by atoms with van der Waals surface area (Å²) in [6, 6.07) is 5.67. The van der Waals surface area contributed by atoms with E-state index in [4.69, 9.17) is 4.42 Å². The number of hydrogen-bond acceptors (Lipinski definition) is 4. The van der Waals surface area contributed by atoms with Crippen LogP contribution < -0.4 is 5.32 Å². The Hall–Kier alpha value is -1.88. The van der Waals surface area contributed by atoms with Gasteiger partial charge < -0.3 is 14.6 Å². The minimum absolute atomic E-state index is 0.00588. The van der Waals surface area contributed by atoms with Crippen molar-refractivity contribution in [3.05, 3.63) is 30.2 Å². The van der Waals surface area contributed by atoms with Gasteiger partial charge in [-0.25, -0.2) is 4.98 Å². The molecular weight excluding hydrogens is 254 g/mol. The van der Waals surface area contributed by atoms with Crippen molar-refractivity contribution in [2.75, 3.05) is 19.6 Å². The largest absolute Gasteiger partial charge is 0.443 e. The van der Waals surface area contributed by atoms with Gasteiger partial charge in [0, 0.05) is 18.2 Å². The number of nitrogens with one attached hydrogen (secondary N) is 1. The predicted octanol–water partition coefficient (Wildman–Crippen LogP) is 1.65. The first-order chi connectivity index (χ1) is 9.79. The summed E-state index contributed by atoms with van der Waals surface area (Å²) >= 11 is 0. The molecule has 5 nitrogen and oxygen atoms in total. The van der Waals surface area contributed by atoms with Crippen LogP contribution in [0.3, 0.4) is 0 Å². The van der Waals surface area contributed by atoms with Gasteiger partial charge in [0.25, 0.3) is 5.91 Å². The van der Waals surface area contributed by atoms with Crippen LogP contribution in [0.25, 0.3) is 11.1 Å². The van der Waals surface area contributed by atoms with E-state index in [-0.39, 0.29) is 11.9 Å². The van der Waals surface area contributed by atoms with Crippen LogP contribution in [0, 0.1) is 5.92 Å². The van der Waals surface area contributed by atoms with Crippen molar-refractivity contribution in [3.63, 3.8) is 0 Å². The van der Waals surface area contributed by atoms with Gasteiger partial charge in [0.15, 0.2) is 12.0 Å². The van der Waals surface area contributed by atoms with E-state index in [9.17, 15) is 4.79 Å². The lowest BCUT2D eigenvalue weighted by Crippen LogP contribution is -2.57. The quantitative estimate of drug-likeness (QED) is 0.902. The molecule has 3 aliphatic heterocycles. The van der Waals surface area contributed by atoms with Crippen LogP contribution in [0.4, 0.5) is 0 Å². The maximum absolute atomic E-state index is 12.4. The van der Waals surface area contributed by atoms with E-state index in [1.165, 1.54) is 32.3 Å². The summed E-state index contributed by atoms with van der Waals surface area (Å²) in [6.45, 7) is 3.35. The highest BCUT2D eigenvalue weighted by Gasteiger charge is 2.34. The highest BCUT2D eigenvalue weighted by atomic mass is 16.3. The van der Waals surface area contributed by atoms with Crippen molar-refractivity contribution >= 4 is 17.0 Å². The number of aromatic nitrogens is 1. The molecule has 2 bridgehead atoms. The normalized spacial score (nSPS) is 28.7. The number of nitrogens with zero attached hydrogens (tertiary/aromatic N) is 2. The zero-order valence-corrected chi connectivity index (χ0v) is 11.2. The van der Waals surface area contributed by atoms with Crippen molar-refractivity contribution < 1.29 is 9.21 Å². The summed E-state index contributed by atoms with van der Waals surface area (Å²) in [4.78, 5) is 18.9. The Labute approximate surface area is 117 Å². The van der Waals surface area contributed by atoms with Gasteiger partial charge in [0.05, 0.1) is 0 Å². The molecule has 1 atom stereocenters. The van der Waals surface area contributed by atoms with Crippen molar-refractivity contribution in [2.24, 2.45) is 5.92 Å². The zero-order chi connectivity index (χ0) is 13.5. The smallest absolute Gasteiger partial charge is 0.251 e. The van der Waals surface area contributed by atoms with Crippen LogP contribution in [0.15, 0.2) is 29.0 Å². The summed E-state index contributed by atoms with van der Waals surface area (Å²) < 4.78 is 5.19. The lowest BCUT2D eigenvalue weighted by molar-refractivity contribution is 0.0620. The molecule has 5 heteroatoms. The second-order valence-corrected chi connectivity index (χ2v) is 5.75. The van der Waals surface area contributed by atoms with E-state index in [1.54, 1.807) is 18.2 Å². The molecule has 3 saturated heterocycles. The number of oxazole rings is 1. The van der Waals surface area contributed by atoms with Crippen LogP contribution in [0.5, 0.6) is 0 Å². The van der Waals surface area contributed by atoms with Gasteiger partial charge in [0.2, 0.25) is 0 Å². The highest BCUT2D eigenvalue weighted by molar-refractivity contribution is 5.97. The Balaban J connectivity index is 1.52. The second kappa shape index (κ2) is 4.59. The maximum Gasteiger partial charge on any atom is 0.251 e. The van der Waals surface area contributed by atoms with Gasteiger partial charge in [-0.2, -0.15) is 0 Å². The molecule has 0 spiro atoms. The molecule has 0 aliphatic carbocycles. The predicted molar refractivity (Wildman–Crippen MR) is 74.4 cm³/mol. The average molecular weight is 271 g/mol. The Bertz CT molecular complexity index is 643. The van der Waals surface area contributed by atoms with E-state index in [1.807, 2.05) is 0 Å². The topological polar surface area (TPSA) is 58.4 Å². The van der Waals surface area contributed by atoms with Crippen LogP contribution in [-0.4, -0.2) is 41.5 Å². The fourth-order valence-corrected chi connectivity index (χ4v) is 3.38. The van der Waals surface area contributed by atoms with Crippen molar-refractivity contribution in [2.45, 2.75) is 18.9 Å². The van der Waals surface area contributed by atoms with E-state index >= 15 is 0 Å². The third kappa shape index (κ3) is 1.98. The van der Waals surface area contributed by atoms with Gasteiger partial charge in [-0.15, -0.1) is 0 Å². The molecule has 0 saturated carbocycles. The number of amides is 1. The van der Waals surface area contributed by atoms with Gasteiger partial charge in [-0.3, -0.25) is 4.79 Å². The lowest BCUT2D eigenvalue weighted by Gasteiger charge is -2.44. The zero-order valence-electron chi connectivity index (χ0n) is 11.2. The Morgan fingerprint density at radius 2 is 2.20 bits per heavy atom. The molecule has 104 valence electrons. The van der Waals surface area contributed by atoms with Crippen molar-refractivity contribution in [1.29, 1.82) is 0 Å². The van der Waals surface area contributed by atoms with E-state index in [0.717, 1.165) is 12.1 Å². The number of hydrogen-bond donors (Lipinski definition) is 1.